The van der Waals surface area contributed by atoms with Crippen LogP contribution in [-0.2, 0) is 35.1 Å². The number of carbonyl (C=O) groups is 5. The number of hydrogen-bond acceptors (Lipinski definition) is 6. The number of fused-ring (bicyclic) bond motifs is 1. The van der Waals surface area contributed by atoms with E-state index in [2.05, 4.69) is 63.9 Å². The second kappa shape index (κ2) is 16.3. The summed E-state index contributed by atoms with van der Waals surface area (Å²) in [5.74, 6) is -4.47. The lowest BCUT2D eigenvalue weighted by Gasteiger charge is -2.18. The van der Waals surface area contributed by atoms with Gasteiger partial charge in [-0.25, -0.2) is 0 Å². The van der Waals surface area contributed by atoms with E-state index in [1.54, 1.807) is 0 Å². The fraction of sp³-hybridized carbons (Fsp3) is 0.300. The smallest absolute Gasteiger partial charge is 0.305 e. The van der Waals surface area contributed by atoms with Crippen molar-refractivity contribution in [3.8, 4) is 0 Å². The van der Waals surface area contributed by atoms with Gasteiger partial charge in [-0.15, -0.1) is 0 Å². The van der Waals surface area contributed by atoms with Crippen LogP contribution >= 0.6 is 0 Å². The number of rotatable bonds is 12. The molecule has 39 heavy (non-hydrogen) atoms. The standard InChI is InChI=1S/C20H26N2O7.C10H8/c1-13(10-18(25)21-9-8-15-6-4-3-5-7-15)20(28)22-16(11-19(26)27)17(24)12-29-14(2)23;1-2-6-10-8-4-3-7-9(10)5-1/h3-7,13,16H,8-12H2,1-2H3,(H,21,25)(H,22,28)(H,26,27);1-8H. The Bertz CT molecular complexity index is 1190. The molecule has 0 aliphatic heterocycles. The Labute approximate surface area is 227 Å². The minimum Gasteiger partial charge on any atom is -0.481 e. The van der Waals surface area contributed by atoms with Crippen molar-refractivity contribution in [2.45, 2.75) is 39.2 Å². The predicted octanol–water partition coefficient (Wildman–Crippen LogP) is 3.30. The van der Waals surface area contributed by atoms with Crippen molar-refractivity contribution in [3.63, 3.8) is 0 Å². The lowest BCUT2D eigenvalue weighted by Crippen LogP contribution is -2.46. The zero-order valence-electron chi connectivity index (χ0n) is 22.1. The van der Waals surface area contributed by atoms with Crippen LogP contribution in [0, 0.1) is 5.92 Å². The number of amides is 2. The van der Waals surface area contributed by atoms with Gasteiger partial charge in [0.15, 0.2) is 12.4 Å². The van der Waals surface area contributed by atoms with E-state index in [1.165, 1.54) is 17.7 Å². The van der Waals surface area contributed by atoms with Crippen LogP contribution in [0.1, 0.15) is 32.3 Å². The molecular formula is C30H34N2O7. The van der Waals surface area contributed by atoms with E-state index in [9.17, 15) is 24.0 Å². The monoisotopic (exact) mass is 534 g/mol. The lowest BCUT2D eigenvalue weighted by molar-refractivity contribution is -0.147. The van der Waals surface area contributed by atoms with Crippen molar-refractivity contribution in [3.05, 3.63) is 84.4 Å². The van der Waals surface area contributed by atoms with Crippen molar-refractivity contribution >= 4 is 40.3 Å². The summed E-state index contributed by atoms with van der Waals surface area (Å²) in [6, 6.07) is 25.0. The summed E-state index contributed by atoms with van der Waals surface area (Å²) < 4.78 is 4.56. The molecule has 0 bridgehead atoms. The number of ketones is 1. The second-order valence-corrected chi connectivity index (χ2v) is 8.94. The Balaban J connectivity index is 0.000000437. The Morgan fingerprint density at radius 2 is 1.36 bits per heavy atom. The molecule has 0 aliphatic rings. The first-order valence-electron chi connectivity index (χ1n) is 12.6. The van der Waals surface area contributed by atoms with Gasteiger partial charge in [0, 0.05) is 25.8 Å². The zero-order valence-corrected chi connectivity index (χ0v) is 22.1. The van der Waals surface area contributed by atoms with Gasteiger partial charge in [0.2, 0.25) is 11.8 Å². The molecule has 0 radical (unpaired) electrons. The van der Waals surface area contributed by atoms with Gasteiger partial charge in [-0.2, -0.15) is 0 Å². The van der Waals surface area contributed by atoms with E-state index < -0.39 is 48.6 Å². The van der Waals surface area contributed by atoms with Crippen molar-refractivity contribution in [2.75, 3.05) is 13.2 Å². The highest BCUT2D eigenvalue weighted by molar-refractivity contribution is 5.94. The Hall–Kier alpha value is -4.53. The maximum atomic E-state index is 12.3. The summed E-state index contributed by atoms with van der Waals surface area (Å²) in [5.41, 5.74) is 1.07. The second-order valence-electron chi connectivity index (χ2n) is 8.94. The van der Waals surface area contributed by atoms with E-state index in [-0.39, 0.29) is 12.3 Å². The summed E-state index contributed by atoms with van der Waals surface area (Å²) in [6.45, 7) is 2.39. The average molecular weight is 535 g/mol. The molecule has 0 fully saturated rings. The van der Waals surface area contributed by atoms with Gasteiger partial charge in [-0.05, 0) is 22.8 Å². The number of aliphatic carboxylic acids is 1. The number of nitrogens with one attached hydrogen (secondary N) is 2. The van der Waals surface area contributed by atoms with E-state index in [0.29, 0.717) is 13.0 Å². The van der Waals surface area contributed by atoms with Crippen molar-refractivity contribution in [2.24, 2.45) is 5.92 Å². The number of hydrogen-bond donors (Lipinski definition) is 3. The third-order valence-electron chi connectivity index (χ3n) is 5.68. The molecule has 0 saturated carbocycles. The normalized spacial score (nSPS) is 11.7. The highest BCUT2D eigenvalue weighted by atomic mass is 16.5. The summed E-state index contributed by atoms with van der Waals surface area (Å²) >= 11 is 0. The van der Waals surface area contributed by atoms with Gasteiger partial charge in [0.1, 0.15) is 6.04 Å². The molecule has 3 aromatic rings. The molecule has 0 aromatic heterocycles. The first-order chi connectivity index (χ1) is 18.7. The number of esters is 1. The van der Waals surface area contributed by atoms with Crippen LogP contribution in [0.3, 0.4) is 0 Å². The van der Waals surface area contributed by atoms with Crippen LogP contribution in [0.15, 0.2) is 78.9 Å². The van der Waals surface area contributed by atoms with Gasteiger partial charge in [-0.1, -0.05) is 85.8 Å². The molecule has 2 amide bonds. The zero-order chi connectivity index (χ0) is 28.6. The Morgan fingerprint density at radius 3 is 1.87 bits per heavy atom. The number of carboxylic acids is 1. The van der Waals surface area contributed by atoms with Gasteiger partial charge in [-0.3, -0.25) is 24.0 Å². The first-order valence-corrected chi connectivity index (χ1v) is 12.6. The van der Waals surface area contributed by atoms with Crippen LogP contribution in [0.2, 0.25) is 0 Å². The number of carbonyl (C=O) groups excluding carboxylic acids is 4. The Morgan fingerprint density at radius 1 is 0.821 bits per heavy atom. The van der Waals surface area contributed by atoms with Crippen LogP contribution in [0.4, 0.5) is 0 Å². The van der Waals surface area contributed by atoms with E-state index in [1.807, 2.05) is 30.3 Å². The fourth-order valence-corrected chi connectivity index (χ4v) is 3.57. The van der Waals surface area contributed by atoms with Crippen LogP contribution in [-0.4, -0.2) is 53.8 Å². The largest absolute Gasteiger partial charge is 0.481 e. The molecule has 206 valence electrons. The summed E-state index contributed by atoms with van der Waals surface area (Å²) in [4.78, 5) is 58.0. The molecule has 3 N–H and O–H groups in total. The van der Waals surface area contributed by atoms with E-state index >= 15 is 0 Å². The number of ether oxygens (including phenoxy) is 1. The molecule has 2 unspecified atom stereocenters. The SMILES string of the molecule is CC(=O)OCC(=O)C(CC(=O)O)NC(=O)C(C)CC(=O)NCCc1ccccc1.c1ccc2ccccc2c1. The highest BCUT2D eigenvalue weighted by Crippen LogP contribution is 2.11. The molecule has 9 nitrogen and oxygen atoms in total. The van der Waals surface area contributed by atoms with Gasteiger partial charge >= 0.3 is 11.9 Å². The molecular weight excluding hydrogens is 500 g/mol. The summed E-state index contributed by atoms with van der Waals surface area (Å²) in [7, 11) is 0. The first kappa shape index (κ1) is 30.7. The molecule has 9 heteroatoms. The quantitative estimate of drug-likeness (QED) is 0.303. The van der Waals surface area contributed by atoms with E-state index in [0.717, 1.165) is 12.5 Å². The summed E-state index contributed by atoms with van der Waals surface area (Å²) in [5, 5.41) is 16.6. The molecule has 3 rings (SSSR count). The molecule has 0 saturated heterocycles. The van der Waals surface area contributed by atoms with Crippen LogP contribution in [0.5, 0.6) is 0 Å². The number of carboxylic acid groups (broad SMARTS) is 1. The third kappa shape index (κ3) is 12.0. The molecule has 0 spiro atoms. The molecule has 2 atom stereocenters. The highest BCUT2D eigenvalue weighted by Gasteiger charge is 2.27. The maximum Gasteiger partial charge on any atom is 0.305 e. The topological polar surface area (TPSA) is 139 Å². The van der Waals surface area contributed by atoms with Gasteiger partial charge in [0.05, 0.1) is 6.42 Å². The Kier molecular flexibility index (Phi) is 12.9. The van der Waals surface area contributed by atoms with Crippen molar-refractivity contribution in [1.29, 1.82) is 0 Å². The van der Waals surface area contributed by atoms with Crippen molar-refractivity contribution < 1.29 is 33.8 Å². The van der Waals surface area contributed by atoms with Gasteiger partial charge in [0.25, 0.3) is 0 Å². The average Bonchev–Trinajstić information content (AvgIpc) is 2.92. The minimum atomic E-state index is -1.34. The van der Waals surface area contributed by atoms with Crippen LogP contribution in [0.25, 0.3) is 10.8 Å². The van der Waals surface area contributed by atoms with Crippen molar-refractivity contribution in [1.82, 2.24) is 10.6 Å². The van der Waals surface area contributed by atoms with Crippen LogP contribution < -0.4 is 10.6 Å². The maximum absolute atomic E-state index is 12.3. The lowest BCUT2D eigenvalue weighted by atomic mass is 10.0. The number of benzene rings is 3. The molecule has 3 aromatic carbocycles. The third-order valence-corrected chi connectivity index (χ3v) is 5.68. The number of Topliss-reactive ketones (excluding diaryl/α,β-unsaturated/α-hetero) is 1. The molecule has 0 heterocycles. The summed E-state index contributed by atoms with van der Waals surface area (Å²) in [6.07, 6.45) is -0.112. The molecule has 0 aliphatic carbocycles. The van der Waals surface area contributed by atoms with E-state index in [4.69, 9.17) is 5.11 Å². The van der Waals surface area contributed by atoms with Gasteiger partial charge < -0.3 is 20.5 Å². The fourth-order valence-electron chi connectivity index (χ4n) is 3.57. The predicted molar refractivity (Wildman–Crippen MR) is 147 cm³/mol. The minimum absolute atomic E-state index is 0.113.